The predicted molar refractivity (Wildman–Crippen MR) is 108 cm³/mol. The summed E-state index contributed by atoms with van der Waals surface area (Å²) in [5.41, 5.74) is 6.67. The zero-order valence-electron chi connectivity index (χ0n) is 15.8. The summed E-state index contributed by atoms with van der Waals surface area (Å²) in [5, 5.41) is 0.201. The molecule has 0 spiro atoms. The van der Waals surface area contributed by atoms with E-state index in [0.29, 0.717) is 16.9 Å². The average molecular weight is 437 g/mol. The topological polar surface area (TPSA) is 114 Å². The van der Waals surface area contributed by atoms with E-state index in [1.54, 1.807) is 35.2 Å². The maximum Gasteiger partial charge on any atom is 0.750 e. The highest BCUT2D eigenvalue weighted by molar-refractivity contribution is 7.33. The molecule has 0 saturated heterocycles. The van der Waals surface area contributed by atoms with E-state index in [4.69, 9.17) is 31.1 Å². The average Bonchev–Trinajstić information content (AvgIpc) is 3.09. The Morgan fingerprint density at radius 3 is 2.83 bits per heavy atom. The highest BCUT2D eigenvalue weighted by Gasteiger charge is 2.51. The summed E-state index contributed by atoms with van der Waals surface area (Å²) in [4.78, 5) is 12.3. The Morgan fingerprint density at radius 1 is 1.31 bits per heavy atom. The van der Waals surface area contributed by atoms with Gasteiger partial charge in [-0.05, 0) is 25.0 Å². The van der Waals surface area contributed by atoms with Gasteiger partial charge in [0.25, 0.3) is 0 Å². The lowest BCUT2D eigenvalue weighted by Gasteiger charge is -2.15. The Morgan fingerprint density at radius 2 is 2.07 bits per heavy atom. The highest BCUT2D eigenvalue weighted by atomic mass is 35.5. The second-order valence-electron chi connectivity index (χ2n) is 6.84. The van der Waals surface area contributed by atoms with Crippen LogP contribution in [0.1, 0.15) is 20.1 Å². The summed E-state index contributed by atoms with van der Waals surface area (Å²) in [7, 11) is -2.24. The number of rotatable bonds is 8. The van der Waals surface area contributed by atoms with Gasteiger partial charge in [0.05, 0.1) is 12.4 Å². The molecule has 1 saturated carbocycles. The van der Waals surface area contributed by atoms with Gasteiger partial charge in [0.2, 0.25) is 5.95 Å². The van der Waals surface area contributed by atoms with Crippen molar-refractivity contribution < 1.29 is 18.3 Å². The van der Waals surface area contributed by atoms with Crippen LogP contribution in [-0.4, -0.2) is 32.2 Å². The molecule has 5 atom stereocenters. The standard InChI is InChI=1S/C18H20ClN5O4P/c1-10-13(8-26-29(25)28-12-6-4-3-5-7-12)15(10)27-11(2)24-9-21-14-16(19)22-18(20)23-17(14)24/h3-7,9-11,13,15H,8H2,1-2H3,(H2,20,22,23)/q+1. The van der Waals surface area contributed by atoms with E-state index < -0.39 is 8.25 Å². The van der Waals surface area contributed by atoms with E-state index in [-0.39, 0.29) is 41.9 Å². The van der Waals surface area contributed by atoms with Crippen LogP contribution < -0.4 is 10.3 Å². The molecule has 2 heterocycles. The molecule has 3 aromatic rings. The number of nitrogens with zero attached hydrogens (tertiary/aromatic N) is 4. The van der Waals surface area contributed by atoms with Gasteiger partial charge in [-0.2, -0.15) is 9.97 Å². The number of imidazole rings is 1. The number of nitrogen functional groups attached to an aromatic ring is 1. The van der Waals surface area contributed by atoms with Gasteiger partial charge >= 0.3 is 8.25 Å². The van der Waals surface area contributed by atoms with Crippen molar-refractivity contribution in [1.29, 1.82) is 0 Å². The van der Waals surface area contributed by atoms with Crippen molar-refractivity contribution in [1.82, 2.24) is 19.5 Å². The van der Waals surface area contributed by atoms with Gasteiger partial charge in [0, 0.05) is 10.5 Å². The number of ether oxygens (including phenoxy) is 1. The first-order chi connectivity index (χ1) is 13.9. The van der Waals surface area contributed by atoms with Crippen LogP contribution in [0.25, 0.3) is 11.2 Å². The number of para-hydroxylation sites is 1. The Hall–Kier alpha value is -2.32. The number of nitrogens with two attached hydrogens (primary N) is 1. The highest BCUT2D eigenvalue weighted by Crippen LogP contribution is 2.45. The molecule has 0 radical (unpaired) electrons. The molecule has 4 rings (SSSR count). The molecule has 0 amide bonds. The van der Waals surface area contributed by atoms with Crippen molar-refractivity contribution in [2.24, 2.45) is 11.8 Å². The summed E-state index contributed by atoms with van der Waals surface area (Å²) >= 11 is 6.07. The molecule has 29 heavy (non-hydrogen) atoms. The van der Waals surface area contributed by atoms with Crippen molar-refractivity contribution in [3.05, 3.63) is 41.8 Å². The fourth-order valence-corrected chi connectivity index (χ4v) is 4.03. The van der Waals surface area contributed by atoms with Crippen LogP contribution in [0, 0.1) is 11.8 Å². The number of anilines is 1. The smallest absolute Gasteiger partial charge is 0.368 e. The van der Waals surface area contributed by atoms with Gasteiger partial charge in [0.15, 0.2) is 16.5 Å². The number of fused-ring (bicyclic) bond motifs is 1. The molecule has 1 fully saturated rings. The maximum absolute atomic E-state index is 12.0. The number of aromatic nitrogens is 4. The van der Waals surface area contributed by atoms with E-state index in [1.165, 1.54) is 0 Å². The van der Waals surface area contributed by atoms with Crippen LogP contribution in [0.2, 0.25) is 5.15 Å². The zero-order chi connectivity index (χ0) is 20.5. The van der Waals surface area contributed by atoms with Crippen molar-refractivity contribution in [2.45, 2.75) is 26.2 Å². The van der Waals surface area contributed by atoms with Crippen LogP contribution >= 0.6 is 19.9 Å². The molecule has 0 aliphatic heterocycles. The van der Waals surface area contributed by atoms with Crippen LogP contribution in [0.4, 0.5) is 5.95 Å². The van der Waals surface area contributed by atoms with Crippen molar-refractivity contribution in [2.75, 3.05) is 12.3 Å². The number of halogens is 1. The lowest BCUT2D eigenvalue weighted by molar-refractivity contribution is -0.00798. The molecule has 1 aliphatic carbocycles. The summed E-state index contributed by atoms with van der Waals surface area (Å²) in [5.74, 6) is 0.958. The van der Waals surface area contributed by atoms with Crippen molar-refractivity contribution in [3.63, 3.8) is 0 Å². The Balaban J connectivity index is 1.33. The van der Waals surface area contributed by atoms with Gasteiger partial charge in [-0.3, -0.25) is 4.57 Å². The van der Waals surface area contributed by atoms with Gasteiger partial charge in [-0.15, -0.1) is 4.52 Å². The van der Waals surface area contributed by atoms with E-state index in [0.717, 1.165) is 0 Å². The molecule has 1 aromatic carbocycles. The second kappa shape index (κ2) is 8.20. The fourth-order valence-electron chi connectivity index (χ4n) is 3.17. The minimum atomic E-state index is -2.24. The predicted octanol–water partition coefficient (Wildman–Crippen LogP) is 3.98. The molecule has 2 aromatic heterocycles. The van der Waals surface area contributed by atoms with Gasteiger partial charge in [-0.1, -0.05) is 36.7 Å². The maximum atomic E-state index is 12.0. The largest absolute Gasteiger partial charge is 0.750 e. The number of benzene rings is 1. The third-order valence-corrected chi connectivity index (χ3v) is 5.90. The Labute approximate surface area is 173 Å². The molecular formula is C18H20ClN5O4P+. The SMILES string of the molecule is CC1C(CO[P+](=O)Oc2ccccc2)C1OC(C)n1cnc2c(Cl)nc(N)nc21. The second-order valence-corrected chi connectivity index (χ2v) is 8.09. The number of hydrogen-bond acceptors (Lipinski definition) is 8. The van der Waals surface area contributed by atoms with E-state index in [9.17, 15) is 4.57 Å². The Kier molecular flexibility index (Phi) is 5.65. The fraction of sp³-hybridized carbons (Fsp3) is 0.389. The monoisotopic (exact) mass is 436 g/mol. The minimum Gasteiger partial charge on any atom is -0.368 e. The van der Waals surface area contributed by atoms with E-state index in [1.807, 2.05) is 13.0 Å². The molecule has 2 N–H and O–H groups in total. The van der Waals surface area contributed by atoms with E-state index in [2.05, 4.69) is 21.9 Å². The number of hydrogen-bond donors (Lipinski definition) is 1. The summed E-state index contributed by atoms with van der Waals surface area (Å²) in [6.07, 6.45) is 1.20. The zero-order valence-corrected chi connectivity index (χ0v) is 17.5. The molecule has 152 valence electrons. The van der Waals surface area contributed by atoms with Gasteiger partial charge < -0.3 is 10.5 Å². The summed E-state index contributed by atoms with van der Waals surface area (Å²) in [6.45, 7) is 4.22. The Bertz CT molecular complexity index is 1030. The van der Waals surface area contributed by atoms with Crippen molar-refractivity contribution in [3.8, 4) is 5.75 Å². The van der Waals surface area contributed by atoms with E-state index >= 15 is 0 Å². The molecule has 9 nitrogen and oxygen atoms in total. The lowest BCUT2D eigenvalue weighted by atomic mass is 10.3. The first kappa shape index (κ1) is 20.0. The third-order valence-electron chi connectivity index (χ3n) is 4.91. The normalized spacial score (nSPS) is 22.4. The van der Waals surface area contributed by atoms with Crippen molar-refractivity contribution >= 4 is 37.0 Å². The third kappa shape index (κ3) is 4.33. The summed E-state index contributed by atoms with van der Waals surface area (Å²) in [6, 6.07) is 8.91. The van der Waals surface area contributed by atoms with Crippen LogP contribution in [0.15, 0.2) is 36.7 Å². The first-order valence-corrected chi connectivity index (χ1v) is 10.6. The summed E-state index contributed by atoms with van der Waals surface area (Å²) < 4.78 is 30.5. The van der Waals surface area contributed by atoms with Crippen LogP contribution in [0.5, 0.6) is 5.75 Å². The first-order valence-electron chi connectivity index (χ1n) is 9.08. The minimum absolute atomic E-state index is 0.0442. The molecule has 11 heteroatoms. The molecular weight excluding hydrogens is 417 g/mol. The van der Waals surface area contributed by atoms with Gasteiger partial charge in [0.1, 0.15) is 18.4 Å². The van der Waals surface area contributed by atoms with Crippen LogP contribution in [-0.2, 0) is 13.8 Å². The quantitative estimate of drug-likeness (QED) is 0.416. The lowest BCUT2D eigenvalue weighted by Crippen LogP contribution is -2.13. The molecule has 0 bridgehead atoms. The molecule has 5 unspecified atom stereocenters. The van der Waals surface area contributed by atoms with Crippen LogP contribution in [0.3, 0.4) is 0 Å². The van der Waals surface area contributed by atoms with Gasteiger partial charge in [-0.25, -0.2) is 9.51 Å². The molecule has 1 aliphatic rings.